The summed E-state index contributed by atoms with van der Waals surface area (Å²) < 4.78 is 26.3. The van der Waals surface area contributed by atoms with E-state index in [0.717, 1.165) is 18.9 Å². The van der Waals surface area contributed by atoms with Gasteiger partial charge in [0.1, 0.15) is 11.6 Å². The van der Waals surface area contributed by atoms with Gasteiger partial charge in [-0.3, -0.25) is 0 Å². The Hall–Kier alpha value is -0.960. The van der Waals surface area contributed by atoms with Crippen LogP contribution in [0.4, 0.5) is 8.78 Å². The van der Waals surface area contributed by atoms with Crippen molar-refractivity contribution >= 4 is 0 Å². The van der Waals surface area contributed by atoms with E-state index < -0.39 is 11.6 Å². The summed E-state index contributed by atoms with van der Waals surface area (Å²) in [6.07, 6.45) is 5.16. The second-order valence-corrected chi connectivity index (χ2v) is 6.65. The van der Waals surface area contributed by atoms with E-state index in [4.69, 9.17) is 5.73 Å². The number of hydrogen-bond donors (Lipinski definition) is 1. The molecular formula is C16H23F2N. The lowest BCUT2D eigenvalue weighted by Crippen LogP contribution is -2.36. The van der Waals surface area contributed by atoms with E-state index in [-0.39, 0.29) is 6.04 Å². The molecule has 1 atom stereocenters. The van der Waals surface area contributed by atoms with Gasteiger partial charge in [-0.15, -0.1) is 0 Å². The highest BCUT2D eigenvalue weighted by Gasteiger charge is 2.29. The molecule has 1 aliphatic rings. The fraction of sp³-hybridized carbons (Fsp3) is 0.625. The van der Waals surface area contributed by atoms with Crippen LogP contribution < -0.4 is 5.73 Å². The third-order valence-corrected chi connectivity index (χ3v) is 4.38. The molecule has 0 aliphatic heterocycles. The van der Waals surface area contributed by atoms with Gasteiger partial charge in [0.25, 0.3) is 0 Å². The van der Waals surface area contributed by atoms with Crippen molar-refractivity contribution in [3.05, 3.63) is 35.4 Å². The second kappa shape index (κ2) is 5.58. The van der Waals surface area contributed by atoms with Crippen molar-refractivity contribution in [1.29, 1.82) is 0 Å². The van der Waals surface area contributed by atoms with E-state index >= 15 is 0 Å². The average Bonchev–Trinajstić information content (AvgIpc) is 2.26. The first-order valence-electron chi connectivity index (χ1n) is 7.06. The molecule has 0 amide bonds. The lowest BCUT2D eigenvalue weighted by atomic mass is 9.70. The second-order valence-electron chi connectivity index (χ2n) is 6.65. The van der Waals surface area contributed by atoms with Gasteiger partial charge in [0.2, 0.25) is 0 Å². The first-order chi connectivity index (χ1) is 8.85. The van der Waals surface area contributed by atoms with Crippen molar-refractivity contribution in [2.24, 2.45) is 17.1 Å². The van der Waals surface area contributed by atoms with Gasteiger partial charge in [-0.25, -0.2) is 8.78 Å². The van der Waals surface area contributed by atoms with Gasteiger partial charge in [0, 0.05) is 12.1 Å². The number of hydrogen-bond acceptors (Lipinski definition) is 1. The average molecular weight is 267 g/mol. The van der Waals surface area contributed by atoms with Crippen LogP contribution >= 0.6 is 0 Å². The number of rotatable bonds is 3. The van der Waals surface area contributed by atoms with E-state index in [9.17, 15) is 8.78 Å². The third-order valence-electron chi connectivity index (χ3n) is 4.38. The van der Waals surface area contributed by atoms with Crippen LogP contribution in [0.1, 0.15) is 45.1 Å². The van der Waals surface area contributed by atoms with Gasteiger partial charge in [-0.1, -0.05) is 13.8 Å². The number of benzene rings is 1. The summed E-state index contributed by atoms with van der Waals surface area (Å²) in [5, 5.41) is 0. The van der Waals surface area contributed by atoms with Gasteiger partial charge < -0.3 is 5.73 Å². The third kappa shape index (κ3) is 4.00. The summed E-state index contributed by atoms with van der Waals surface area (Å²) in [7, 11) is 0. The lowest BCUT2D eigenvalue weighted by molar-refractivity contribution is 0.173. The van der Waals surface area contributed by atoms with E-state index in [2.05, 4.69) is 13.8 Å². The maximum absolute atomic E-state index is 13.1. The smallest absolute Gasteiger partial charge is 0.126 e. The first kappa shape index (κ1) is 14.4. The largest absolute Gasteiger partial charge is 0.327 e. The van der Waals surface area contributed by atoms with E-state index in [1.165, 1.54) is 25.0 Å². The Kier molecular flexibility index (Phi) is 4.24. The fourth-order valence-electron chi connectivity index (χ4n) is 3.02. The zero-order valence-corrected chi connectivity index (χ0v) is 11.8. The summed E-state index contributed by atoms with van der Waals surface area (Å²) in [5.41, 5.74) is 7.30. The van der Waals surface area contributed by atoms with Gasteiger partial charge in [0.05, 0.1) is 0 Å². The zero-order valence-electron chi connectivity index (χ0n) is 11.8. The molecule has 2 rings (SSSR count). The molecule has 1 unspecified atom stereocenters. The van der Waals surface area contributed by atoms with E-state index in [1.807, 2.05) is 0 Å². The van der Waals surface area contributed by atoms with Gasteiger partial charge in [-0.05, 0) is 61.1 Å². The van der Waals surface area contributed by atoms with Gasteiger partial charge >= 0.3 is 0 Å². The lowest BCUT2D eigenvalue weighted by Gasteiger charge is -2.36. The Morgan fingerprint density at radius 1 is 1.16 bits per heavy atom. The highest BCUT2D eigenvalue weighted by Crippen LogP contribution is 2.39. The Labute approximate surface area is 114 Å². The molecule has 1 aromatic carbocycles. The number of halogens is 2. The molecule has 0 aromatic heterocycles. The van der Waals surface area contributed by atoms with Crippen molar-refractivity contribution in [3.63, 3.8) is 0 Å². The summed E-state index contributed by atoms with van der Waals surface area (Å²) in [4.78, 5) is 0. The fourth-order valence-corrected chi connectivity index (χ4v) is 3.02. The molecule has 1 aromatic rings. The Balaban J connectivity index is 1.96. The Morgan fingerprint density at radius 3 is 2.21 bits per heavy atom. The van der Waals surface area contributed by atoms with Crippen LogP contribution in [-0.4, -0.2) is 6.04 Å². The topological polar surface area (TPSA) is 26.0 Å². The molecule has 2 N–H and O–H groups in total. The van der Waals surface area contributed by atoms with Crippen LogP contribution in [0.15, 0.2) is 18.2 Å². The summed E-state index contributed by atoms with van der Waals surface area (Å²) in [5.74, 6) is -0.571. The molecule has 3 heteroatoms. The van der Waals surface area contributed by atoms with Crippen molar-refractivity contribution in [2.75, 3.05) is 0 Å². The quantitative estimate of drug-likeness (QED) is 0.878. The molecule has 1 aliphatic carbocycles. The van der Waals surface area contributed by atoms with E-state index in [1.54, 1.807) is 0 Å². The van der Waals surface area contributed by atoms with Crippen LogP contribution in [0, 0.1) is 23.0 Å². The van der Waals surface area contributed by atoms with Crippen molar-refractivity contribution in [1.82, 2.24) is 0 Å². The van der Waals surface area contributed by atoms with Crippen molar-refractivity contribution < 1.29 is 8.78 Å². The van der Waals surface area contributed by atoms with Crippen LogP contribution in [0.5, 0.6) is 0 Å². The predicted octanol–water partition coefficient (Wildman–Crippen LogP) is 4.05. The van der Waals surface area contributed by atoms with Crippen LogP contribution in [0.2, 0.25) is 0 Å². The molecule has 0 bridgehead atoms. The number of nitrogens with two attached hydrogens (primary N) is 1. The Morgan fingerprint density at radius 2 is 1.68 bits per heavy atom. The summed E-state index contributed by atoms with van der Waals surface area (Å²) in [6.45, 7) is 4.58. The van der Waals surface area contributed by atoms with Crippen molar-refractivity contribution in [3.8, 4) is 0 Å². The highest BCUT2D eigenvalue weighted by atomic mass is 19.1. The molecular weight excluding hydrogens is 244 g/mol. The Bertz CT molecular complexity index is 412. The standard InChI is InChI=1S/C16H23F2N/c1-16(2)5-3-12(4-6-16)15(19)9-11-7-13(17)10-14(18)8-11/h7-8,10,12,15H,3-6,9,19H2,1-2H3. The molecule has 1 fully saturated rings. The SMILES string of the molecule is CC1(C)CCC(C(N)Cc2cc(F)cc(F)c2)CC1. The molecule has 0 radical (unpaired) electrons. The van der Waals surface area contributed by atoms with Crippen LogP contribution in [-0.2, 0) is 6.42 Å². The minimum atomic E-state index is -0.521. The normalized spacial score (nSPS) is 21.3. The monoisotopic (exact) mass is 267 g/mol. The molecule has 0 saturated heterocycles. The summed E-state index contributed by atoms with van der Waals surface area (Å²) in [6, 6.07) is 3.67. The minimum absolute atomic E-state index is 0.00250. The van der Waals surface area contributed by atoms with Crippen LogP contribution in [0.3, 0.4) is 0 Å². The maximum Gasteiger partial charge on any atom is 0.126 e. The molecule has 106 valence electrons. The molecule has 19 heavy (non-hydrogen) atoms. The molecule has 1 saturated carbocycles. The molecule has 0 heterocycles. The summed E-state index contributed by atoms with van der Waals surface area (Å²) >= 11 is 0. The predicted molar refractivity (Wildman–Crippen MR) is 73.8 cm³/mol. The molecule has 1 nitrogen and oxygen atoms in total. The minimum Gasteiger partial charge on any atom is -0.327 e. The van der Waals surface area contributed by atoms with E-state index in [0.29, 0.717) is 23.3 Å². The molecule has 0 spiro atoms. The highest BCUT2D eigenvalue weighted by molar-refractivity contribution is 5.19. The zero-order chi connectivity index (χ0) is 14.0. The van der Waals surface area contributed by atoms with Crippen molar-refractivity contribution in [2.45, 2.75) is 52.0 Å². The van der Waals surface area contributed by atoms with Crippen LogP contribution in [0.25, 0.3) is 0 Å². The van der Waals surface area contributed by atoms with Gasteiger partial charge in [0.15, 0.2) is 0 Å². The maximum atomic E-state index is 13.1. The van der Waals surface area contributed by atoms with Gasteiger partial charge in [-0.2, -0.15) is 0 Å². The first-order valence-corrected chi connectivity index (χ1v) is 7.06.